The molecule has 0 radical (unpaired) electrons. The van der Waals surface area contributed by atoms with Gasteiger partial charge in [-0.2, -0.15) is 5.10 Å². The molecule has 1 aromatic rings. The number of carboxylic acids is 1. The van der Waals surface area contributed by atoms with Crippen molar-refractivity contribution in [1.29, 1.82) is 0 Å². The summed E-state index contributed by atoms with van der Waals surface area (Å²) in [4.78, 5) is 25.7. The average molecular weight is 321 g/mol. The van der Waals surface area contributed by atoms with Gasteiger partial charge < -0.3 is 10.0 Å². The molecule has 1 aliphatic heterocycles. The summed E-state index contributed by atoms with van der Waals surface area (Å²) < 4.78 is 1.90. The summed E-state index contributed by atoms with van der Waals surface area (Å²) in [5.41, 5.74) is 1.30. The second-order valence-corrected chi connectivity index (χ2v) is 6.57. The zero-order valence-corrected chi connectivity index (χ0v) is 14.5. The first-order valence-corrected chi connectivity index (χ1v) is 8.48. The van der Waals surface area contributed by atoms with E-state index in [0.29, 0.717) is 24.6 Å². The van der Waals surface area contributed by atoms with Gasteiger partial charge in [0.05, 0.1) is 6.04 Å². The van der Waals surface area contributed by atoms with Gasteiger partial charge in [0.15, 0.2) is 5.69 Å². The molecule has 6 heteroatoms. The number of rotatable bonds is 5. The molecule has 1 fully saturated rings. The molecule has 2 rings (SSSR count). The van der Waals surface area contributed by atoms with Gasteiger partial charge >= 0.3 is 5.97 Å². The van der Waals surface area contributed by atoms with Gasteiger partial charge in [0.25, 0.3) is 5.91 Å². The minimum atomic E-state index is -0.930. The number of hydrogen-bond donors (Lipinski definition) is 1. The van der Waals surface area contributed by atoms with E-state index in [1.54, 1.807) is 6.07 Å². The number of carbonyl (C=O) groups is 2. The first kappa shape index (κ1) is 17.5. The number of aliphatic carboxylic acids is 1. The molecule has 1 saturated heterocycles. The lowest BCUT2D eigenvalue weighted by atomic mass is 9.92. The third kappa shape index (κ3) is 3.57. The van der Waals surface area contributed by atoms with E-state index >= 15 is 0 Å². The fourth-order valence-electron chi connectivity index (χ4n) is 3.36. The van der Waals surface area contributed by atoms with Crippen molar-refractivity contribution in [2.45, 2.75) is 65.5 Å². The molecule has 1 amide bonds. The first-order chi connectivity index (χ1) is 10.9. The Morgan fingerprint density at radius 2 is 2.04 bits per heavy atom. The Bertz CT molecular complexity index is 578. The standard InChI is InChI=1S/C17H27N3O3/c1-5-13(6-2)20-12(4)10-14(18-20)16(21)19-8-7-11(3)9-15(19)17(22)23/h10-11,13,15H,5-9H2,1-4H3,(H,22,23). The minimum absolute atomic E-state index is 0.267. The Hall–Kier alpha value is -1.85. The van der Waals surface area contributed by atoms with Gasteiger partial charge in [0.1, 0.15) is 6.04 Å². The lowest BCUT2D eigenvalue weighted by molar-refractivity contribution is -0.144. The highest BCUT2D eigenvalue weighted by Crippen LogP contribution is 2.25. The van der Waals surface area contributed by atoms with E-state index < -0.39 is 12.0 Å². The SMILES string of the molecule is CCC(CC)n1nc(C(=O)N2CCC(C)CC2C(=O)O)cc1C. The fraction of sp³-hybridized carbons (Fsp3) is 0.706. The fourth-order valence-corrected chi connectivity index (χ4v) is 3.36. The van der Waals surface area contributed by atoms with E-state index in [0.717, 1.165) is 25.0 Å². The summed E-state index contributed by atoms with van der Waals surface area (Å²) in [5, 5.41) is 13.9. The van der Waals surface area contributed by atoms with E-state index in [9.17, 15) is 14.7 Å². The molecule has 1 aromatic heterocycles. The predicted molar refractivity (Wildman–Crippen MR) is 87.4 cm³/mol. The molecule has 0 saturated carbocycles. The van der Waals surface area contributed by atoms with E-state index in [2.05, 4.69) is 18.9 Å². The normalized spacial score (nSPS) is 21.7. The van der Waals surface area contributed by atoms with Gasteiger partial charge in [-0.05, 0) is 44.6 Å². The molecule has 2 unspecified atom stereocenters. The number of carboxylic acid groups (broad SMARTS) is 1. The van der Waals surface area contributed by atoms with Crippen LogP contribution >= 0.6 is 0 Å². The molecule has 0 aromatic carbocycles. The smallest absolute Gasteiger partial charge is 0.326 e. The van der Waals surface area contributed by atoms with Gasteiger partial charge in [0, 0.05) is 12.2 Å². The van der Waals surface area contributed by atoms with Crippen molar-refractivity contribution in [3.05, 3.63) is 17.5 Å². The summed E-state index contributed by atoms with van der Waals surface area (Å²) in [6.07, 6.45) is 3.24. The Kier molecular flexibility index (Phi) is 5.44. The molecule has 6 nitrogen and oxygen atoms in total. The van der Waals surface area contributed by atoms with Gasteiger partial charge in [-0.1, -0.05) is 20.8 Å². The Labute approximate surface area is 137 Å². The highest BCUT2D eigenvalue weighted by molar-refractivity contribution is 5.95. The molecule has 0 spiro atoms. The molecule has 0 aliphatic carbocycles. The van der Waals surface area contributed by atoms with Crippen LogP contribution in [0.15, 0.2) is 6.07 Å². The van der Waals surface area contributed by atoms with E-state index in [-0.39, 0.29) is 11.9 Å². The molecule has 1 N–H and O–H groups in total. The van der Waals surface area contributed by atoms with Crippen LogP contribution in [0.4, 0.5) is 0 Å². The summed E-state index contributed by atoms with van der Waals surface area (Å²) in [7, 11) is 0. The van der Waals surface area contributed by atoms with Crippen molar-refractivity contribution in [2.24, 2.45) is 5.92 Å². The molecular weight excluding hydrogens is 294 g/mol. The van der Waals surface area contributed by atoms with Crippen LogP contribution in [0.3, 0.4) is 0 Å². The summed E-state index contributed by atoms with van der Waals surface area (Å²) in [6.45, 7) is 8.65. The number of carbonyl (C=O) groups excluding carboxylic acids is 1. The largest absolute Gasteiger partial charge is 0.480 e. The number of amides is 1. The van der Waals surface area contributed by atoms with Crippen molar-refractivity contribution < 1.29 is 14.7 Å². The van der Waals surface area contributed by atoms with Gasteiger partial charge in [-0.15, -0.1) is 0 Å². The Balaban J connectivity index is 2.26. The minimum Gasteiger partial charge on any atom is -0.480 e. The summed E-state index contributed by atoms with van der Waals surface area (Å²) in [6, 6.07) is 1.30. The van der Waals surface area contributed by atoms with Crippen LogP contribution in [0.2, 0.25) is 0 Å². The lowest BCUT2D eigenvalue weighted by Crippen LogP contribution is -2.49. The summed E-state index contributed by atoms with van der Waals surface area (Å²) >= 11 is 0. The average Bonchev–Trinajstić information content (AvgIpc) is 2.90. The Morgan fingerprint density at radius 1 is 1.39 bits per heavy atom. The topological polar surface area (TPSA) is 75.4 Å². The van der Waals surface area contributed by atoms with E-state index in [1.165, 1.54) is 4.90 Å². The number of aromatic nitrogens is 2. The van der Waals surface area contributed by atoms with Crippen LogP contribution in [-0.4, -0.2) is 44.3 Å². The lowest BCUT2D eigenvalue weighted by Gasteiger charge is -2.35. The Morgan fingerprint density at radius 3 is 2.61 bits per heavy atom. The number of likely N-dealkylation sites (tertiary alicyclic amines) is 1. The maximum absolute atomic E-state index is 12.8. The predicted octanol–water partition coefficient (Wildman–Crippen LogP) is 2.88. The van der Waals surface area contributed by atoms with Gasteiger partial charge in [0.2, 0.25) is 0 Å². The number of nitrogens with zero attached hydrogens (tertiary/aromatic N) is 3. The van der Waals surface area contributed by atoms with Crippen LogP contribution < -0.4 is 0 Å². The van der Waals surface area contributed by atoms with Crippen LogP contribution in [0, 0.1) is 12.8 Å². The number of piperidine rings is 1. The van der Waals surface area contributed by atoms with E-state index in [4.69, 9.17) is 0 Å². The molecule has 0 bridgehead atoms. The van der Waals surface area contributed by atoms with Gasteiger partial charge in [-0.25, -0.2) is 4.79 Å². The molecule has 23 heavy (non-hydrogen) atoms. The summed E-state index contributed by atoms with van der Waals surface area (Å²) in [5.74, 6) is -0.873. The van der Waals surface area contributed by atoms with Crippen LogP contribution in [0.5, 0.6) is 0 Å². The van der Waals surface area contributed by atoms with Crippen LogP contribution in [0.1, 0.15) is 68.7 Å². The van der Waals surface area contributed by atoms with Crippen molar-refractivity contribution >= 4 is 11.9 Å². The second-order valence-electron chi connectivity index (χ2n) is 6.57. The zero-order chi connectivity index (χ0) is 17.1. The maximum Gasteiger partial charge on any atom is 0.326 e. The number of aryl methyl sites for hydroxylation is 1. The highest BCUT2D eigenvalue weighted by Gasteiger charge is 2.36. The van der Waals surface area contributed by atoms with Crippen LogP contribution in [0.25, 0.3) is 0 Å². The van der Waals surface area contributed by atoms with E-state index in [1.807, 2.05) is 18.5 Å². The third-order valence-electron chi connectivity index (χ3n) is 4.84. The first-order valence-electron chi connectivity index (χ1n) is 8.48. The zero-order valence-electron chi connectivity index (χ0n) is 14.5. The third-order valence-corrected chi connectivity index (χ3v) is 4.84. The van der Waals surface area contributed by atoms with Gasteiger partial charge in [-0.3, -0.25) is 9.48 Å². The van der Waals surface area contributed by atoms with Crippen molar-refractivity contribution in [3.8, 4) is 0 Å². The quantitative estimate of drug-likeness (QED) is 0.905. The van der Waals surface area contributed by atoms with Crippen LogP contribution in [-0.2, 0) is 4.79 Å². The number of hydrogen-bond acceptors (Lipinski definition) is 3. The monoisotopic (exact) mass is 321 g/mol. The van der Waals surface area contributed by atoms with Crippen molar-refractivity contribution in [3.63, 3.8) is 0 Å². The maximum atomic E-state index is 12.8. The molecule has 2 atom stereocenters. The molecule has 1 aliphatic rings. The highest BCUT2D eigenvalue weighted by atomic mass is 16.4. The molecule has 2 heterocycles. The van der Waals surface area contributed by atoms with Crippen molar-refractivity contribution in [1.82, 2.24) is 14.7 Å². The molecular formula is C17H27N3O3. The molecule has 128 valence electrons. The van der Waals surface area contributed by atoms with Crippen molar-refractivity contribution in [2.75, 3.05) is 6.54 Å². The second kappa shape index (κ2) is 7.15.